The van der Waals surface area contributed by atoms with Crippen LogP contribution in [0.5, 0.6) is 0 Å². The molecule has 28 heavy (non-hydrogen) atoms. The summed E-state index contributed by atoms with van der Waals surface area (Å²) in [5.74, 6) is -1.38. The SMILES string of the molecule is O=C(Cc1ccc2oc(=O)oc2c1)Nc1ccc(C(=O)Nn2cnnc2)cc1. The van der Waals surface area contributed by atoms with Crippen molar-refractivity contribution >= 4 is 28.7 Å². The predicted molar refractivity (Wildman–Crippen MR) is 97.2 cm³/mol. The number of amides is 2. The molecular weight excluding hydrogens is 366 g/mol. The number of benzene rings is 2. The highest BCUT2D eigenvalue weighted by Gasteiger charge is 2.10. The molecule has 0 radical (unpaired) electrons. The van der Waals surface area contributed by atoms with Crippen molar-refractivity contribution in [1.82, 2.24) is 14.9 Å². The predicted octanol–water partition coefficient (Wildman–Crippen LogP) is 1.54. The first-order valence-electron chi connectivity index (χ1n) is 8.15. The van der Waals surface area contributed by atoms with Gasteiger partial charge in [-0.1, -0.05) is 6.07 Å². The maximum Gasteiger partial charge on any atom is 0.519 e. The van der Waals surface area contributed by atoms with E-state index in [2.05, 4.69) is 20.9 Å². The summed E-state index contributed by atoms with van der Waals surface area (Å²) in [7, 11) is 0. The largest absolute Gasteiger partial charge is 0.519 e. The van der Waals surface area contributed by atoms with E-state index in [1.165, 1.54) is 17.3 Å². The van der Waals surface area contributed by atoms with Gasteiger partial charge in [0, 0.05) is 11.3 Å². The Hall–Kier alpha value is -4.21. The van der Waals surface area contributed by atoms with Crippen LogP contribution in [0.2, 0.25) is 0 Å². The minimum Gasteiger partial charge on any atom is -0.391 e. The van der Waals surface area contributed by atoms with Crippen molar-refractivity contribution in [2.24, 2.45) is 0 Å². The van der Waals surface area contributed by atoms with Crippen molar-refractivity contribution in [3.63, 3.8) is 0 Å². The molecule has 0 aliphatic heterocycles. The van der Waals surface area contributed by atoms with Crippen molar-refractivity contribution in [3.8, 4) is 0 Å². The number of nitrogens with one attached hydrogen (secondary N) is 2. The number of aromatic nitrogens is 3. The molecule has 0 unspecified atom stereocenters. The molecule has 0 spiro atoms. The number of hydrogen-bond acceptors (Lipinski definition) is 7. The average molecular weight is 379 g/mol. The fraction of sp³-hybridized carbons (Fsp3) is 0.0556. The van der Waals surface area contributed by atoms with Crippen LogP contribution in [0.3, 0.4) is 0 Å². The Labute approximate surface area is 156 Å². The number of rotatable bonds is 5. The summed E-state index contributed by atoms with van der Waals surface area (Å²) in [6, 6.07) is 11.3. The van der Waals surface area contributed by atoms with Crippen LogP contribution in [0.4, 0.5) is 5.69 Å². The van der Waals surface area contributed by atoms with E-state index in [1.807, 2.05) is 0 Å². The van der Waals surface area contributed by atoms with E-state index in [-0.39, 0.29) is 18.2 Å². The molecule has 0 saturated carbocycles. The Morgan fingerprint density at radius 3 is 2.43 bits per heavy atom. The lowest BCUT2D eigenvalue weighted by Gasteiger charge is -2.07. The number of carbonyl (C=O) groups is 2. The molecule has 0 atom stereocenters. The van der Waals surface area contributed by atoms with Gasteiger partial charge in [0.15, 0.2) is 11.2 Å². The van der Waals surface area contributed by atoms with Crippen LogP contribution in [0.15, 0.2) is 68.7 Å². The first kappa shape index (κ1) is 17.2. The highest BCUT2D eigenvalue weighted by atomic mass is 16.6. The van der Waals surface area contributed by atoms with Gasteiger partial charge in [-0.3, -0.25) is 15.0 Å². The summed E-state index contributed by atoms with van der Waals surface area (Å²) in [4.78, 5) is 35.4. The summed E-state index contributed by atoms with van der Waals surface area (Å²) in [6.45, 7) is 0. The van der Waals surface area contributed by atoms with Gasteiger partial charge in [0.25, 0.3) is 5.91 Å². The molecule has 2 aromatic carbocycles. The Morgan fingerprint density at radius 1 is 0.964 bits per heavy atom. The third-order valence-electron chi connectivity index (χ3n) is 3.84. The summed E-state index contributed by atoms with van der Waals surface area (Å²) < 4.78 is 11.0. The number of hydrogen-bond donors (Lipinski definition) is 2. The van der Waals surface area contributed by atoms with Crippen LogP contribution >= 0.6 is 0 Å². The van der Waals surface area contributed by atoms with E-state index < -0.39 is 5.82 Å². The molecule has 10 heteroatoms. The fourth-order valence-electron chi connectivity index (χ4n) is 2.56. The highest BCUT2D eigenvalue weighted by molar-refractivity contribution is 6.00. The molecule has 2 N–H and O–H groups in total. The third-order valence-corrected chi connectivity index (χ3v) is 3.84. The number of anilines is 1. The van der Waals surface area contributed by atoms with Crippen molar-refractivity contribution in [2.75, 3.05) is 10.7 Å². The van der Waals surface area contributed by atoms with Gasteiger partial charge in [0.05, 0.1) is 6.42 Å². The minimum atomic E-state index is -0.787. The van der Waals surface area contributed by atoms with E-state index in [0.717, 1.165) is 0 Å². The molecule has 2 heterocycles. The normalized spacial score (nSPS) is 10.7. The van der Waals surface area contributed by atoms with Gasteiger partial charge in [0.2, 0.25) is 5.91 Å². The quantitative estimate of drug-likeness (QED) is 0.537. The van der Waals surface area contributed by atoms with Gasteiger partial charge in [-0.25, -0.2) is 9.47 Å². The first-order valence-corrected chi connectivity index (χ1v) is 8.15. The Bertz CT molecular complexity index is 1190. The number of fused-ring (bicyclic) bond motifs is 1. The van der Waals surface area contributed by atoms with Gasteiger partial charge in [-0.2, -0.15) is 0 Å². The summed E-state index contributed by atoms with van der Waals surface area (Å²) in [5, 5.41) is 9.93. The standard InChI is InChI=1S/C18H13N5O5/c24-16(8-11-1-6-14-15(7-11)28-18(26)27-14)21-13-4-2-12(3-5-13)17(25)22-23-9-19-20-10-23/h1-7,9-10H,8H2,(H,21,24)(H,22,25). The molecule has 140 valence electrons. The molecule has 4 aromatic rings. The van der Waals surface area contributed by atoms with Crippen molar-refractivity contribution in [2.45, 2.75) is 6.42 Å². The summed E-state index contributed by atoms with van der Waals surface area (Å²) >= 11 is 0. The van der Waals surface area contributed by atoms with Crippen LogP contribution in [0, 0.1) is 0 Å². The van der Waals surface area contributed by atoms with Crippen molar-refractivity contribution in [1.29, 1.82) is 0 Å². The second-order valence-electron chi connectivity index (χ2n) is 5.85. The zero-order valence-electron chi connectivity index (χ0n) is 14.3. The minimum absolute atomic E-state index is 0.0840. The zero-order valence-corrected chi connectivity index (χ0v) is 14.3. The molecular formula is C18H13N5O5. The second-order valence-corrected chi connectivity index (χ2v) is 5.85. The van der Waals surface area contributed by atoms with Crippen LogP contribution in [0.25, 0.3) is 11.2 Å². The van der Waals surface area contributed by atoms with E-state index in [0.29, 0.717) is 28.0 Å². The molecule has 2 aromatic heterocycles. The fourth-order valence-corrected chi connectivity index (χ4v) is 2.56. The summed E-state index contributed by atoms with van der Waals surface area (Å²) in [5.41, 5.74) is 4.81. The van der Waals surface area contributed by atoms with Gasteiger partial charge < -0.3 is 14.2 Å². The first-order chi connectivity index (χ1) is 13.6. The average Bonchev–Trinajstić information content (AvgIpc) is 3.30. The Morgan fingerprint density at radius 2 is 1.68 bits per heavy atom. The van der Waals surface area contributed by atoms with Gasteiger partial charge in [-0.15, -0.1) is 10.2 Å². The van der Waals surface area contributed by atoms with E-state index in [1.54, 1.807) is 42.5 Å². The van der Waals surface area contributed by atoms with Crippen LogP contribution in [-0.4, -0.2) is 26.7 Å². The Kier molecular flexibility index (Phi) is 4.42. The number of nitrogens with zero attached hydrogens (tertiary/aromatic N) is 3. The molecule has 0 aliphatic carbocycles. The second kappa shape index (κ2) is 7.19. The maximum atomic E-state index is 12.2. The number of carbonyl (C=O) groups excluding carboxylic acids is 2. The lowest BCUT2D eigenvalue weighted by Crippen LogP contribution is -2.21. The monoisotopic (exact) mass is 379 g/mol. The smallest absolute Gasteiger partial charge is 0.391 e. The molecule has 0 aliphatic rings. The van der Waals surface area contributed by atoms with Gasteiger partial charge >= 0.3 is 5.82 Å². The molecule has 10 nitrogen and oxygen atoms in total. The molecule has 0 saturated heterocycles. The van der Waals surface area contributed by atoms with E-state index in [4.69, 9.17) is 8.83 Å². The van der Waals surface area contributed by atoms with Crippen molar-refractivity contribution in [3.05, 3.63) is 76.9 Å². The lowest BCUT2D eigenvalue weighted by atomic mass is 10.1. The molecule has 2 amide bonds. The highest BCUT2D eigenvalue weighted by Crippen LogP contribution is 2.16. The van der Waals surface area contributed by atoms with Crippen LogP contribution in [-0.2, 0) is 11.2 Å². The molecule has 0 fully saturated rings. The van der Waals surface area contributed by atoms with Gasteiger partial charge in [-0.05, 0) is 42.0 Å². The third kappa shape index (κ3) is 3.80. The maximum absolute atomic E-state index is 12.2. The van der Waals surface area contributed by atoms with Gasteiger partial charge in [0.1, 0.15) is 12.7 Å². The zero-order chi connectivity index (χ0) is 19.5. The van der Waals surface area contributed by atoms with E-state index >= 15 is 0 Å². The van der Waals surface area contributed by atoms with Crippen LogP contribution < -0.4 is 16.6 Å². The van der Waals surface area contributed by atoms with Crippen molar-refractivity contribution < 1.29 is 18.4 Å². The van der Waals surface area contributed by atoms with E-state index in [9.17, 15) is 14.4 Å². The summed E-state index contributed by atoms with van der Waals surface area (Å²) in [6.07, 6.45) is 2.80. The lowest BCUT2D eigenvalue weighted by molar-refractivity contribution is -0.115. The topological polar surface area (TPSA) is 132 Å². The Balaban J connectivity index is 1.38. The molecule has 4 rings (SSSR count). The van der Waals surface area contributed by atoms with Crippen LogP contribution in [0.1, 0.15) is 15.9 Å². The molecule has 0 bridgehead atoms.